The van der Waals surface area contributed by atoms with Crippen molar-refractivity contribution in [2.24, 2.45) is 4.99 Å². The van der Waals surface area contributed by atoms with Gasteiger partial charge >= 0.3 is 0 Å². The zero-order valence-corrected chi connectivity index (χ0v) is 14.7. The number of amides is 2. The molecule has 25 heavy (non-hydrogen) atoms. The van der Waals surface area contributed by atoms with E-state index in [4.69, 9.17) is 4.74 Å². The fraction of sp³-hybridized carbons (Fsp3) is 0.167. The Hall–Kier alpha value is -2.80. The topological polar surface area (TPSA) is 71.0 Å². The number of carbonyl (C=O) groups is 2. The highest BCUT2D eigenvalue weighted by molar-refractivity contribution is 8.18. The summed E-state index contributed by atoms with van der Waals surface area (Å²) >= 11 is 1.16. The molecule has 1 heterocycles. The van der Waals surface area contributed by atoms with Crippen molar-refractivity contribution >= 4 is 34.4 Å². The van der Waals surface area contributed by atoms with Gasteiger partial charge in [-0.3, -0.25) is 19.5 Å². The highest BCUT2D eigenvalue weighted by Gasteiger charge is 2.32. The third-order valence-electron chi connectivity index (χ3n) is 3.18. The molecule has 6 nitrogen and oxygen atoms in total. The van der Waals surface area contributed by atoms with Crippen molar-refractivity contribution in [3.8, 4) is 5.75 Å². The van der Waals surface area contributed by atoms with Crippen LogP contribution in [0.2, 0.25) is 0 Å². The Balaban J connectivity index is 2.12. The van der Waals surface area contributed by atoms with Gasteiger partial charge in [-0.25, -0.2) is 0 Å². The minimum atomic E-state index is -0.385. The van der Waals surface area contributed by atoms with E-state index >= 15 is 0 Å². The number of hydrogen-bond donors (Lipinski definition) is 1. The lowest BCUT2D eigenvalue weighted by Crippen LogP contribution is -2.29. The van der Waals surface area contributed by atoms with Gasteiger partial charge in [0.25, 0.3) is 5.91 Å². The predicted molar refractivity (Wildman–Crippen MR) is 102 cm³/mol. The van der Waals surface area contributed by atoms with E-state index in [2.05, 4.69) is 23.5 Å². The van der Waals surface area contributed by atoms with Crippen molar-refractivity contribution in [1.82, 2.24) is 4.90 Å². The lowest BCUT2D eigenvalue weighted by atomic mass is 10.3. The number of nitrogens with one attached hydrogen (secondary N) is 1. The van der Waals surface area contributed by atoms with Crippen LogP contribution in [0.15, 0.2) is 65.5 Å². The molecule has 1 fully saturated rings. The lowest BCUT2D eigenvalue weighted by molar-refractivity contribution is -0.122. The molecule has 0 spiro atoms. The maximum atomic E-state index is 12.4. The van der Waals surface area contributed by atoms with Gasteiger partial charge in [-0.15, -0.1) is 13.2 Å². The Morgan fingerprint density at radius 1 is 1.32 bits per heavy atom. The first-order valence-corrected chi connectivity index (χ1v) is 8.33. The van der Waals surface area contributed by atoms with E-state index < -0.39 is 0 Å². The van der Waals surface area contributed by atoms with E-state index in [1.54, 1.807) is 43.5 Å². The number of benzene rings is 1. The zero-order valence-electron chi connectivity index (χ0n) is 13.9. The van der Waals surface area contributed by atoms with E-state index in [0.717, 1.165) is 11.8 Å². The van der Waals surface area contributed by atoms with Gasteiger partial charge in [-0.05, 0) is 36.0 Å². The summed E-state index contributed by atoms with van der Waals surface area (Å²) in [6.07, 6.45) is 4.54. The van der Waals surface area contributed by atoms with Crippen LogP contribution in [-0.4, -0.2) is 42.1 Å². The number of methoxy groups -OCH3 is 1. The molecule has 0 saturated carbocycles. The van der Waals surface area contributed by atoms with Crippen LogP contribution in [0, 0.1) is 0 Å². The van der Waals surface area contributed by atoms with Crippen LogP contribution >= 0.6 is 11.8 Å². The second-order valence-corrected chi connectivity index (χ2v) is 5.95. The van der Waals surface area contributed by atoms with Crippen molar-refractivity contribution < 1.29 is 14.3 Å². The summed E-state index contributed by atoms with van der Waals surface area (Å²) in [5.74, 6) is 0.0446. The Bertz CT molecular complexity index is 738. The Kier molecular flexibility index (Phi) is 6.59. The Labute approximate surface area is 151 Å². The summed E-state index contributed by atoms with van der Waals surface area (Å²) in [5.41, 5.74) is 0.613. The van der Waals surface area contributed by atoms with Gasteiger partial charge in [0.15, 0.2) is 5.17 Å². The first-order chi connectivity index (χ1) is 12.1. The second kappa shape index (κ2) is 8.89. The van der Waals surface area contributed by atoms with E-state index in [1.807, 2.05) is 0 Å². The number of hydrogen-bond acceptors (Lipinski definition) is 5. The van der Waals surface area contributed by atoms with Crippen LogP contribution < -0.4 is 10.1 Å². The molecule has 1 aliphatic rings. The molecule has 0 aromatic heterocycles. The van der Waals surface area contributed by atoms with Gasteiger partial charge in [0.1, 0.15) is 5.75 Å². The van der Waals surface area contributed by atoms with Crippen LogP contribution in [-0.2, 0) is 9.59 Å². The summed E-state index contributed by atoms with van der Waals surface area (Å²) in [6, 6.07) is 6.92. The predicted octanol–water partition coefficient (Wildman–Crippen LogP) is 2.82. The second-order valence-electron chi connectivity index (χ2n) is 4.94. The van der Waals surface area contributed by atoms with E-state index in [0.29, 0.717) is 34.6 Å². The fourth-order valence-electron chi connectivity index (χ4n) is 2.03. The van der Waals surface area contributed by atoms with Crippen LogP contribution in [0.4, 0.5) is 5.69 Å². The van der Waals surface area contributed by atoms with Crippen molar-refractivity contribution in [2.75, 3.05) is 25.5 Å². The molecule has 1 aromatic carbocycles. The van der Waals surface area contributed by atoms with Crippen molar-refractivity contribution in [3.05, 3.63) is 60.6 Å². The smallest absolute Gasteiger partial charge is 0.267 e. The lowest BCUT2D eigenvalue weighted by Gasteiger charge is -2.12. The average Bonchev–Trinajstić information content (AvgIpc) is 2.89. The first kappa shape index (κ1) is 18.5. The van der Waals surface area contributed by atoms with Crippen molar-refractivity contribution in [3.63, 3.8) is 0 Å². The number of amidine groups is 1. The molecule has 1 aliphatic heterocycles. The highest BCUT2D eigenvalue weighted by Crippen LogP contribution is 2.30. The van der Waals surface area contributed by atoms with Gasteiger partial charge < -0.3 is 10.1 Å². The van der Waals surface area contributed by atoms with E-state index in [-0.39, 0.29) is 11.8 Å². The van der Waals surface area contributed by atoms with Crippen molar-refractivity contribution in [2.45, 2.75) is 0 Å². The summed E-state index contributed by atoms with van der Waals surface area (Å²) < 4.78 is 5.07. The number of nitrogens with zero attached hydrogens (tertiary/aromatic N) is 2. The fourth-order valence-corrected chi connectivity index (χ4v) is 3.00. The molecule has 1 aromatic rings. The standard InChI is InChI=1S/C18H19N3O3S/c1-4-10-19-18-21(11-5-2)17(23)15(25-18)12-16(22)20-13-6-8-14(24-3)9-7-13/h4-9,12H,1-2,10-11H2,3H3,(H,20,22)/b15-12+,19-18?. The van der Waals surface area contributed by atoms with Gasteiger partial charge in [0.05, 0.1) is 18.6 Å². The minimum absolute atomic E-state index is 0.266. The molecular formula is C18H19N3O3S. The monoisotopic (exact) mass is 357 g/mol. The maximum absolute atomic E-state index is 12.4. The molecule has 130 valence electrons. The number of ether oxygens (including phenoxy) is 1. The molecule has 0 unspecified atom stereocenters. The summed E-state index contributed by atoms with van der Waals surface area (Å²) in [7, 11) is 1.57. The quantitative estimate of drug-likeness (QED) is 0.602. The molecule has 1 N–H and O–H groups in total. The van der Waals surface area contributed by atoms with E-state index in [9.17, 15) is 9.59 Å². The Morgan fingerprint density at radius 3 is 2.64 bits per heavy atom. The molecule has 0 atom stereocenters. The molecule has 0 bridgehead atoms. The number of carbonyl (C=O) groups excluding carboxylic acids is 2. The Morgan fingerprint density at radius 2 is 2.04 bits per heavy atom. The first-order valence-electron chi connectivity index (χ1n) is 7.51. The highest BCUT2D eigenvalue weighted by atomic mass is 32.2. The van der Waals surface area contributed by atoms with E-state index in [1.165, 1.54) is 11.0 Å². The molecular weight excluding hydrogens is 338 g/mol. The SMILES string of the molecule is C=CCN=C1S/C(=C/C(=O)Nc2ccc(OC)cc2)C(=O)N1CC=C. The average molecular weight is 357 g/mol. The summed E-state index contributed by atoms with van der Waals surface area (Å²) in [6.45, 7) is 7.98. The zero-order chi connectivity index (χ0) is 18.2. The molecule has 2 amide bonds. The van der Waals surface area contributed by atoms with Crippen LogP contribution in [0.5, 0.6) is 5.75 Å². The molecule has 7 heteroatoms. The van der Waals surface area contributed by atoms with Crippen LogP contribution in [0.25, 0.3) is 0 Å². The molecule has 1 saturated heterocycles. The summed E-state index contributed by atoms with van der Waals surface area (Å²) in [5, 5.41) is 3.25. The van der Waals surface area contributed by atoms with Gasteiger partial charge in [0, 0.05) is 18.3 Å². The normalized spacial score (nSPS) is 17.0. The number of anilines is 1. The number of thioether (sulfide) groups is 1. The number of rotatable bonds is 7. The van der Waals surface area contributed by atoms with Crippen LogP contribution in [0.3, 0.4) is 0 Å². The largest absolute Gasteiger partial charge is 0.497 e. The van der Waals surface area contributed by atoms with Gasteiger partial charge in [-0.1, -0.05) is 12.2 Å². The molecule has 2 rings (SSSR count). The number of aliphatic imine (C=N–C) groups is 1. The van der Waals surface area contributed by atoms with Crippen LogP contribution in [0.1, 0.15) is 0 Å². The van der Waals surface area contributed by atoms with Gasteiger partial charge in [0.2, 0.25) is 5.91 Å². The molecule has 0 aliphatic carbocycles. The van der Waals surface area contributed by atoms with Crippen molar-refractivity contribution in [1.29, 1.82) is 0 Å². The maximum Gasteiger partial charge on any atom is 0.267 e. The summed E-state index contributed by atoms with van der Waals surface area (Å²) in [4.78, 5) is 30.7. The molecule has 0 radical (unpaired) electrons. The minimum Gasteiger partial charge on any atom is -0.497 e. The third kappa shape index (κ3) is 4.84. The van der Waals surface area contributed by atoms with Gasteiger partial charge in [-0.2, -0.15) is 0 Å². The third-order valence-corrected chi connectivity index (χ3v) is 4.22.